The first kappa shape index (κ1) is 13.5. The number of halogens is 2. The number of furan rings is 2. The number of rotatable bonds is 2. The van der Waals surface area contributed by atoms with Crippen molar-refractivity contribution in [2.24, 2.45) is 5.73 Å². The normalized spacial score (nSPS) is 12.8. The van der Waals surface area contributed by atoms with E-state index >= 15 is 0 Å². The second-order valence-corrected chi connectivity index (χ2v) is 5.09. The van der Waals surface area contributed by atoms with Gasteiger partial charge in [0.25, 0.3) is 0 Å². The minimum atomic E-state index is 0. The Morgan fingerprint density at radius 1 is 1.17 bits per heavy atom. The Hall–Kier alpha value is -0.970. The van der Waals surface area contributed by atoms with Crippen molar-refractivity contribution in [3.63, 3.8) is 0 Å². The van der Waals surface area contributed by atoms with Crippen molar-refractivity contribution in [2.75, 3.05) is 0 Å². The molecule has 1 atom stereocenters. The summed E-state index contributed by atoms with van der Waals surface area (Å²) in [5, 5.41) is 2.10. The van der Waals surface area contributed by atoms with Crippen LogP contribution in [-0.2, 0) is 6.42 Å². The Labute approximate surface area is 119 Å². The second kappa shape index (κ2) is 4.96. The van der Waals surface area contributed by atoms with Crippen molar-refractivity contribution in [3.05, 3.63) is 34.7 Å². The van der Waals surface area contributed by atoms with Gasteiger partial charge in [-0.05, 0) is 41.4 Å². The van der Waals surface area contributed by atoms with Crippen LogP contribution in [-0.4, -0.2) is 6.04 Å². The van der Waals surface area contributed by atoms with Gasteiger partial charge in [-0.25, -0.2) is 0 Å². The van der Waals surface area contributed by atoms with E-state index in [2.05, 4.69) is 15.9 Å². The van der Waals surface area contributed by atoms with Crippen LogP contribution in [0.25, 0.3) is 21.9 Å². The summed E-state index contributed by atoms with van der Waals surface area (Å²) in [6.07, 6.45) is 4.16. The predicted octanol–water partition coefficient (Wildman–Crippen LogP) is 4.25. The van der Waals surface area contributed by atoms with E-state index in [1.54, 1.807) is 12.5 Å². The van der Waals surface area contributed by atoms with E-state index in [0.29, 0.717) is 0 Å². The summed E-state index contributed by atoms with van der Waals surface area (Å²) in [5.74, 6) is 0. The third kappa shape index (κ3) is 1.94. The third-order valence-electron chi connectivity index (χ3n) is 2.89. The molecule has 3 rings (SSSR count). The molecule has 0 amide bonds. The van der Waals surface area contributed by atoms with Crippen molar-refractivity contribution in [1.29, 1.82) is 0 Å². The summed E-state index contributed by atoms with van der Waals surface area (Å²) < 4.78 is 12.0. The maximum Gasteiger partial charge on any atom is 0.149 e. The molecule has 96 valence electrons. The van der Waals surface area contributed by atoms with E-state index in [0.717, 1.165) is 38.4 Å². The van der Waals surface area contributed by atoms with Crippen LogP contribution in [0, 0.1) is 0 Å². The minimum absolute atomic E-state index is 0. The zero-order valence-corrected chi connectivity index (χ0v) is 12.2. The van der Waals surface area contributed by atoms with Crippen molar-refractivity contribution in [3.8, 4) is 0 Å². The molecule has 0 radical (unpaired) electrons. The molecule has 2 aromatic heterocycles. The van der Waals surface area contributed by atoms with Crippen LogP contribution in [0.5, 0.6) is 0 Å². The lowest BCUT2D eigenvalue weighted by molar-refractivity contribution is 0.604. The molecule has 0 unspecified atom stereocenters. The van der Waals surface area contributed by atoms with E-state index < -0.39 is 0 Å². The van der Waals surface area contributed by atoms with Gasteiger partial charge in [-0.3, -0.25) is 0 Å². The predicted molar refractivity (Wildman–Crippen MR) is 78.3 cm³/mol. The van der Waals surface area contributed by atoms with Crippen LogP contribution >= 0.6 is 28.3 Å². The standard InChI is InChI=1S/C13H12BrNO2.ClH/c1-7(15)6-10-8-2-4-17-13(8)11(14)9-3-5-16-12(9)10;/h2-5,7H,6,15H2,1H3;1H/t7-;/m1./s1. The molecular formula is C13H13BrClNO2. The summed E-state index contributed by atoms with van der Waals surface area (Å²) in [6.45, 7) is 1.99. The van der Waals surface area contributed by atoms with E-state index in [9.17, 15) is 0 Å². The number of fused-ring (bicyclic) bond motifs is 2. The summed E-state index contributed by atoms with van der Waals surface area (Å²) in [6, 6.07) is 3.98. The van der Waals surface area contributed by atoms with Gasteiger partial charge in [-0.2, -0.15) is 0 Å². The van der Waals surface area contributed by atoms with E-state index in [-0.39, 0.29) is 18.4 Å². The zero-order valence-electron chi connectivity index (χ0n) is 9.77. The highest BCUT2D eigenvalue weighted by atomic mass is 79.9. The van der Waals surface area contributed by atoms with Gasteiger partial charge in [-0.15, -0.1) is 12.4 Å². The van der Waals surface area contributed by atoms with Crippen molar-refractivity contribution >= 4 is 50.3 Å². The first-order valence-corrected chi connectivity index (χ1v) is 6.28. The lowest BCUT2D eigenvalue weighted by Crippen LogP contribution is -2.18. The van der Waals surface area contributed by atoms with Crippen molar-refractivity contribution < 1.29 is 8.83 Å². The van der Waals surface area contributed by atoms with E-state index in [4.69, 9.17) is 14.6 Å². The van der Waals surface area contributed by atoms with Crippen LogP contribution < -0.4 is 5.73 Å². The molecule has 0 saturated heterocycles. The SMILES string of the molecule is C[C@@H](N)Cc1c2ccoc2c(Br)c2ccoc12.Cl. The fourth-order valence-electron chi connectivity index (χ4n) is 2.20. The van der Waals surface area contributed by atoms with Crippen LogP contribution in [0.2, 0.25) is 0 Å². The summed E-state index contributed by atoms with van der Waals surface area (Å²) in [5.41, 5.74) is 8.76. The molecule has 0 saturated carbocycles. The molecule has 0 spiro atoms. The molecule has 0 aliphatic heterocycles. The van der Waals surface area contributed by atoms with Gasteiger partial charge in [0.05, 0.1) is 17.0 Å². The molecular weight excluding hydrogens is 318 g/mol. The lowest BCUT2D eigenvalue weighted by atomic mass is 10.0. The van der Waals surface area contributed by atoms with Gasteiger partial charge in [0.1, 0.15) is 11.2 Å². The largest absolute Gasteiger partial charge is 0.464 e. The van der Waals surface area contributed by atoms with E-state index in [1.165, 1.54) is 0 Å². The fourth-order valence-corrected chi connectivity index (χ4v) is 2.82. The average molecular weight is 331 g/mol. The maximum atomic E-state index is 5.90. The summed E-state index contributed by atoms with van der Waals surface area (Å²) in [4.78, 5) is 0. The van der Waals surface area contributed by atoms with Gasteiger partial charge < -0.3 is 14.6 Å². The molecule has 3 aromatic rings. The third-order valence-corrected chi connectivity index (χ3v) is 3.68. The van der Waals surface area contributed by atoms with Crippen molar-refractivity contribution in [1.82, 2.24) is 0 Å². The topological polar surface area (TPSA) is 52.3 Å². The average Bonchev–Trinajstić information content (AvgIpc) is 2.92. The molecule has 0 aliphatic rings. The Morgan fingerprint density at radius 3 is 2.44 bits per heavy atom. The van der Waals surface area contributed by atoms with Crippen LogP contribution in [0.4, 0.5) is 0 Å². The van der Waals surface area contributed by atoms with Gasteiger partial charge in [0, 0.05) is 22.4 Å². The number of benzene rings is 1. The first-order chi connectivity index (χ1) is 8.18. The molecule has 18 heavy (non-hydrogen) atoms. The zero-order chi connectivity index (χ0) is 12.0. The molecule has 1 aromatic carbocycles. The molecule has 3 nitrogen and oxygen atoms in total. The Balaban J connectivity index is 0.00000120. The monoisotopic (exact) mass is 329 g/mol. The van der Waals surface area contributed by atoms with Gasteiger partial charge in [0.2, 0.25) is 0 Å². The van der Waals surface area contributed by atoms with Gasteiger partial charge in [-0.1, -0.05) is 0 Å². The smallest absolute Gasteiger partial charge is 0.149 e. The molecule has 2 heterocycles. The quantitative estimate of drug-likeness (QED) is 0.764. The van der Waals surface area contributed by atoms with Crippen molar-refractivity contribution in [2.45, 2.75) is 19.4 Å². The molecule has 2 N–H and O–H groups in total. The highest BCUT2D eigenvalue weighted by Gasteiger charge is 2.17. The summed E-state index contributed by atoms with van der Waals surface area (Å²) >= 11 is 3.56. The number of nitrogens with two attached hydrogens (primary N) is 1. The highest BCUT2D eigenvalue weighted by Crippen LogP contribution is 2.37. The molecule has 0 aliphatic carbocycles. The highest BCUT2D eigenvalue weighted by molar-refractivity contribution is 9.10. The Bertz CT molecular complexity index is 635. The number of hydrogen-bond acceptors (Lipinski definition) is 3. The Morgan fingerprint density at radius 2 is 1.78 bits per heavy atom. The fraction of sp³-hybridized carbons (Fsp3) is 0.231. The summed E-state index contributed by atoms with van der Waals surface area (Å²) in [7, 11) is 0. The second-order valence-electron chi connectivity index (χ2n) is 4.30. The lowest BCUT2D eigenvalue weighted by Gasteiger charge is -2.08. The minimum Gasteiger partial charge on any atom is -0.464 e. The maximum absolute atomic E-state index is 5.90. The molecule has 0 bridgehead atoms. The molecule has 0 fully saturated rings. The number of hydrogen-bond donors (Lipinski definition) is 1. The first-order valence-electron chi connectivity index (χ1n) is 5.49. The van der Waals surface area contributed by atoms with Crippen LogP contribution in [0.3, 0.4) is 0 Å². The van der Waals surface area contributed by atoms with Gasteiger partial charge in [0.15, 0.2) is 0 Å². The van der Waals surface area contributed by atoms with Crippen LogP contribution in [0.15, 0.2) is 38.0 Å². The van der Waals surface area contributed by atoms with Crippen LogP contribution in [0.1, 0.15) is 12.5 Å². The van der Waals surface area contributed by atoms with E-state index in [1.807, 2.05) is 19.1 Å². The molecule has 5 heteroatoms. The Kier molecular flexibility index (Phi) is 3.71. The van der Waals surface area contributed by atoms with Gasteiger partial charge >= 0.3 is 0 Å².